The van der Waals surface area contributed by atoms with Gasteiger partial charge in [0.25, 0.3) is 0 Å². The minimum Gasteiger partial charge on any atom is -0.330 e. The summed E-state index contributed by atoms with van der Waals surface area (Å²) in [5, 5.41) is 14.4. The van der Waals surface area contributed by atoms with Crippen molar-refractivity contribution in [3.63, 3.8) is 0 Å². The molecule has 0 fully saturated rings. The van der Waals surface area contributed by atoms with Gasteiger partial charge in [0.1, 0.15) is 0 Å². The molecule has 5 heteroatoms. The number of nitrogens with zero attached hydrogens (tertiary/aromatic N) is 4. The average Bonchev–Trinajstić information content (AvgIpc) is 2.95. The molecule has 1 heterocycles. The van der Waals surface area contributed by atoms with Crippen molar-refractivity contribution in [2.24, 2.45) is 5.73 Å². The number of aryl methyl sites for hydroxylation is 1. The van der Waals surface area contributed by atoms with E-state index in [1.807, 2.05) is 16.8 Å². The third kappa shape index (κ3) is 2.53. The summed E-state index contributed by atoms with van der Waals surface area (Å²) in [5.74, 6) is 0.813. The maximum atomic E-state index is 5.52. The Labute approximate surface area is 117 Å². The molecule has 2 aromatic carbocycles. The van der Waals surface area contributed by atoms with E-state index in [0.29, 0.717) is 6.54 Å². The minimum absolute atomic E-state index is 0.702. The topological polar surface area (TPSA) is 69.6 Å². The van der Waals surface area contributed by atoms with Crippen LogP contribution in [-0.4, -0.2) is 26.8 Å². The number of fused-ring (bicyclic) bond motifs is 1. The number of aromatic nitrogens is 4. The Kier molecular flexibility index (Phi) is 3.69. The molecule has 3 rings (SSSR count). The van der Waals surface area contributed by atoms with Crippen LogP contribution in [0.3, 0.4) is 0 Å². The fourth-order valence-electron chi connectivity index (χ4n) is 2.30. The first-order valence-corrected chi connectivity index (χ1v) is 6.84. The fourth-order valence-corrected chi connectivity index (χ4v) is 2.30. The first-order chi connectivity index (χ1) is 9.88. The lowest BCUT2D eigenvalue weighted by Gasteiger charge is -2.05. The molecule has 102 valence electrons. The summed E-state index contributed by atoms with van der Waals surface area (Å²) in [6.45, 7) is 1.50. The molecule has 0 saturated carbocycles. The van der Waals surface area contributed by atoms with Crippen molar-refractivity contribution in [3.8, 4) is 11.4 Å². The molecule has 2 N–H and O–H groups in total. The number of hydrogen-bond donors (Lipinski definition) is 1. The number of rotatable bonds is 5. The lowest BCUT2D eigenvalue weighted by Crippen LogP contribution is -2.06. The van der Waals surface area contributed by atoms with Gasteiger partial charge in [0.05, 0.1) is 0 Å². The molecular weight excluding hydrogens is 250 g/mol. The summed E-state index contributed by atoms with van der Waals surface area (Å²) in [6, 6.07) is 14.6. The van der Waals surface area contributed by atoms with Crippen LogP contribution in [0.2, 0.25) is 0 Å². The van der Waals surface area contributed by atoms with Crippen LogP contribution < -0.4 is 5.73 Å². The normalized spacial score (nSPS) is 11.1. The Morgan fingerprint density at radius 2 is 1.85 bits per heavy atom. The van der Waals surface area contributed by atoms with Crippen LogP contribution in [0.5, 0.6) is 0 Å². The molecule has 0 unspecified atom stereocenters. The molecule has 0 aliphatic rings. The van der Waals surface area contributed by atoms with Gasteiger partial charge in [-0.1, -0.05) is 36.4 Å². The fraction of sp³-hybridized carbons (Fsp3) is 0.267. The summed E-state index contributed by atoms with van der Waals surface area (Å²) in [5.41, 5.74) is 6.56. The van der Waals surface area contributed by atoms with Gasteiger partial charge in [0.2, 0.25) is 0 Å². The summed E-state index contributed by atoms with van der Waals surface area (Å²) in [7, 11) is 0. The molecule has 0 saturated heterocycles. The van der Waals surface area contributed by atoms with Gasteiger partial charge >= 0.3 is 0 Å². The van der Waals surface area contributed by atoms with E-state index in [0.717, 1.165) is 30.8 Å². The van der Waals surface area contributed by atoms with E-state index in [1.54, 1.807) is 0 Å². The van der Waals surface area contributed by atoms with E-state index in [1.165, 1.54) is 10.8 Å². The molecule has 0 amide bonds. The van der Waals surface area contributed by atoms with E-state index in [-0.39, 0.29) is 0 Å². The van der Waals surface area contributed by atoms with Crippen LogP contribution >= 0.6 is 0 Å². The number of unbranched alkanes of at least 4 members (excludes halogenated alkanes) is 1. The largest absolute Gasteiger partial charge is 0.330 e. The predicted octanol–water partition coefficient (Wildman–Crippen LogP) is 2.23. The Balaban J connectivity index is 1.92. The standard InChI is InChI=1S/C15H17N5/c16-9-3-4-10-20-15(17-18-19-20)14-8-7-12-5-1-2-6-13(12)11-14/h1-2,5-8,11H,3-4,9-10,16H2. The number of hydrogen-bond acceptors (Lipinski definition) is 4. The summed E-state index contributed by atoms with van der Waals surface area (Å²) >= 11 is 0. The zero-order valence-corrected chi connectivity index (χ0v) is 11.2. The van der Waals surface area contributed by atoms with Crippen molar-refractivity contribution in [2.45, 2.75) is 19.4 Å². The molecule has 0 spiro atoms. The van der Waals surface area contributed by atoms with Gasteiger partial charge in [0.15, 0.2) is 5.82 Å². The van der Waals surface area contributed by atoms with Crippen molar-refractivity contribution in [3.05, 3.63) is 42.5 Å². The van der Waals surface area contributed by atoms with Gasteiger partial charge in [-0.05, 0) is 46.7 Å². The molecule has 0 aliphatic carbocycles. The highest BCUT2D eigenvalue weighted by molar-refractivity contribution is 5.86. The minimum atomic E-state index is 0.702. The van der Waals surface area contributed by atoms with Crippen LogP contribution in [0.1, 0.15) is 12.8 Å². The maximum Gasteiger partial charge on any atom is 0.182 e. The van der Waals surface area contributed by atoms with Crippen LogP contribution in [0.25, 0.3) is 22.2 Å². The second-order valence-corrected chi connectivity index (χ2v) is 4.78. The quantitative estimate of drug-likeness (QED) is 0.720. The zero-order chi connectivity index (χ0) is 13.8. The maximum absolute atomic E-state index is 5.52. The van der Waals surface area contributed by atoms with E-state index < -0.39 is 0 Å². The van der Waals surface area contributed by atoms with Crippen LogP contribution in [-0.2, 0) is 6.54 Å². The van der Waals surface area contributed by atoms with Gasteiger partial charge in [0, 0.05) is 12.1 Å². The second-order valence-electron chi connectivity index (χ2n) is 4.78. The predicted molar refractivity (Wildman–Crippen MR) is 79.0 cm³/mol. The van der Waals surface area contributed by atoms with Crippen molar-refractivity contribution in [1.29, 1.82) is 0 Å². The Morgan fingerprint density at radius 3 is 2.70 bits per heavy atom. The van der Waals surface area contributed by atoms with Gasteiger partial charge in [-0.25, -0.2) is 4.68 Å². The van der Waals surface area contributed by atoms with Gasteiger partial charge < -0.3 is 5.73 Å². The van der Waals surface area contributed by atoms with Crippen molar-refractivity contribution in [1.82, 2.24) is 20.2 Å². The lowest BCUT2D eigenvalue weighted by atomic mass is 10.1. The van der Waals surface area contributed by atoms with E-state index in [2.05, 4.69) is 45.9 Å². The number of tetrazole rings is 1. The van der Waals surface area contributed by atoms with Crippen molar-refractivity contribution < 1.29 is 0 Å². The highest BCUT2D eigenvalue weighted by Gasteiger charge is 2.08. The third-order valence-electron chi connectivity index (χ3n) is 3.36. The van der Waals surface area contributed by atoms with E-state index >= 15 is 0 Å². The molecule has 3 aromatic rings. The molecule has 1 aromatic heterocycles. The first kappa shape index (κ1) is 12.7. The van der Waals surface area contributed by atoms with Crippen molar-refractivity contribution in [2.75, 3.05) is 6.54 Å². The SMILES string of the molecule is NCCCCn1nnnc1-c1ccc2ccccc2c1. The summed E-state index contributed by atoms with van der Waals surface area (Å²) in [4.78, 5) is 0. The highest BCUT2D eigenvalue weighted by atomic mass is 15.5. The van der Waals surface area contributed by atoms with E-state index in [4.69, 9.17) is 5.73 Å². The number of nitrogens with two attached hydrogens (primary N) is 1. The molecule has 0 bridgehead atoms. The monoisotopic (exact) mass is 267 g/mol. The molecule has 0 radical (unpaired) electrons. The van der Waals surface area contributed by atoms with Gasteiger partial charge in [-0.3, -0.25) is 0 Å². The Morgan fingerprint density at radius 1 is 1.00 bits per heavy atom. The van der Waals surface area contributed by atoms with Gasteiger partial charge in [-0.15, -0.1) is 5.10 Å². The average molecular weight is 267 g/mol. The molecule has 20 heavy (non-hydrogen) atoms. The highest BCUT2D eigenvalue weighted by Crippen LogP contribution is 2.22. The smallest absolute Gasteiger partial charge is 0.182 e. The lowest BCUT2D eigenvalue weighted by molar-refractivity contribution is 0.548. The third-order valence-corrected chi connectivity index (χ3v) is 3.36. The molecule has 0 aliphatic heterocycles. The van der Waals surface area contributed by atoms with Crippen LogP contribution in [0.15, 0.2) is 42.5 Å². The second kappa shape index (κ2) is 5.79. The summed E-state index contributed by atoms with van der Waals surface area (Å²) < 4.78 is 1.85. The Bertz CT molecular complexity index is 704. The number of benzene rings is 2. The van der Waals surface area contributed by atoms with Gasteiger partial charge in [-0.2, -0.15) is 0 Å². The zero-order valence-electron chi connectivity index (χ0n) is 11.2. The molecule has 5 nitrogen and oxygen atoms in total. The van der Waals surface area contributed by atoms with Crippen LogP contribution in [0, 0.1) is 0 Å². The molecular formula is C15H17N5. The first-order valence-electron chi connectivity index (χ1n) is 6.84. The van der Waals surface area contributed by atoms with E-state index in [9.17, 15) is 0 Å². The summed E-state index contributed by atoms with van der Waals surface area (Å²) in [6.07, 6.45) is 1.97. The van der Waals surface area contributed by atoms with Crippen LogP contribution in [0.4, 0.5) is 0 Å². The Hall–Kier alpha value is -2.27. The molecule has 0 atom stereocenters. The van der Waals surface area contributed by atoms with Crippen molar-refractivity contribution >= 4 is 10.8 Å².